The first kappa shape index (κ1) is 8.85. The Labute approximate surface area is 73.0 Å². The minimum absolute atomic E-state index is 0.0187. The van der Waals surface area contributed by atoms with E-state index in [2.05, 4.69) is 38.8 Å². The molecule has 0 unspecified atom stereocenters. The Morgan fingerprint density at radius 2 is 2.09 bits per heavy atom. The van der Waals surface area contributed by atoms with E-state index in [1.54, 1.807) is 11.8 Å². The largest absolute Gasteiger partial charge is 0.276 e. The van der Waals surface area contributed by atoms with Gasteiger partial charge in [-0.1, -0.05) is 25.6 Å². The lowest BCUT2D eigenvalue weighted by Gasteiger charge is -2.22. The van der Waals surface area contributed by atoms with Crippen molar-refractivity contribution in [1.82, 2.24) is 0 Å². The van der Waals surface area contributed by atoms with E-state index in [0.29, 0.717) is 5.92 Å². The van der Waals surface area contributed by atoms with Crippen molar-refractivity contribution < 1.29 is 0 Å². The molecule has 1 nitrogen and oxygen atoms in total. The average molecular weight is 169 g/mol. The lowest BCUT2D eigenvalue weighted by molar-refractivity contribution is 0.646. The summed E-state index contributed by atoms with van der Waals surface area (Å²) < 4.78 is 0. The van der Waals surface area contributed by atoms with Crippen LogP contribution >= 0.6 is 11.8 Å². The van der Waals surface area contributed by atoms with Gasteiger partial charge in [0.1, 0.15) is 0 Å². The van der Waals surface area contributed by atoms with Gasteiger partial charge in [-0.3, -0.25) is 4.99 Å². The normalized spacial score (nSPS) is 22.1. The summed E-state index contributed by atoms with van der Waals surface area (Å²) in [6, 6.07) is 0. The van der Waals surface area contributed by atoms with Crippen molar-refractivity contribution in [1.29, 1.82) is 0 Å². The number of allylic oxidation sites excluding steroid dienone is 1. The van der Waals surface area contributed by atoms with E-state index in [1.807, 2.05) is 5.55 Å². The lowest BCUT2D eigenvalue weighted by Crippen LogP contribution is -2.16. The minimum atomic E-state index is 0.0187. The summed E-state index contributed by atoms with van der Waals surface area (Å²) in [4.78, 5) is 5.79. The summed E-state index contributed by atoms with van der Waals surface area (Å²) in [7, 11) is 0. The highest BCUT2D eigenvalue weighted by Gasteiger charge is 2.18. The van der Waals surface area contributed by atoms with Crippen molar-refractivity contribution in [2.24, 2.45) is 10.9 Å². The van der Waals surface area contributed by atoms with Gasteiger partial charge in [-0.05, 0) is 30.7 Å². The van der Waals surface area contributed by atoms with E-state index in [-0.39, 0.29) is 5.54 Å². The van der Waals surface area contributed by atoms with Crippen molar-refractivity contribution in [3.05, 3.63) is 11.0 Å². The van der Waals surface area contributed by atoms with Gasteiger partial charge in [0.25, 0.3) is 0 Å². The summed E-state index contributed by atoms with van der Waals surface area (Å²) in [5, 5.41) is 0. The quantitative estimate of drug-likeness (QED) is 0.587. The molecular formula is C9H15NS. The zero-order valence-corrected chi connectivity index (χ0v) is 8.40. The molecule has 0 atom stereocenters. The van der Waals surface area contributed by atoms with Crippen LogP contribution in [0.25, 0.3) is 0 Å². The van der Waals surface area contributed by atoms with Crippen molar-refractivity contribution in [2.75, 3.05) is 0 Å². The maximum Gasteiger partial charge on any atom is 0.0748 e. The van der Waals surface area contributed by atoms with Crippen LogP contribution in [0.4, 0.5) is 0 Å². The minimum Gasteiger partial charge on any atom is -0.276 e. The molecule has 11 heavy (non-hydrogen) atoms. The van der Waals surface area contributed by atoms with Crippen LogP contribution in [0.2, 0.25) is 0 Å². The highest BCUT2D eigenvalue weighted by Crippen LogP contribution is 2.30. The van der Waals surface area contributed by atoms with Crippen LogP contribution in [-0.4, -0.2) is 11.1 Å². The van der Waals surface area contributed by atoms with Crippen LogP contribution in [0, 0.1) is 5.92 Å². The van der Waals surface area contributed by atoms with Crippen molar-refractivity contribution >= 4 is 17.3 Å². The molecule has 0 spiro atoms. The van der Waals surface area contributed by atoms with E-state index in [4.69, 9.17) is 0 Å². The molecule has 0 radical (unpaired) electrons. The highest BCUT2D eigenvalue weighted by atomic mass is 32.2. The molecule has 0 amide bonds. The van der Waals surface area contributed by atoms with Gasteiger partial charge >= 0.3 is 0 Å². The zero-order chi connectivity index (χ0) is 8.48. The van der Waals surface area contributed by atoms with E-state index in [0.717, 1.165) is 0 Å². The third kappa shape index (κ3) is 2.37. The number of hydrogen-bond acceptors (Lipinski definition) is 2. The van der Waals surface area contributed by atoms with Crippen LogP contribution in [0.5, 0.6) is 0 Å². The fourth-order valence-corrected chi connectivity index (χ4v) is 2.02. The number of nitrogens with zero attached hydrogens (tertiary/aromatic N) is 1. The Kier molecular flexibility index (Phi) is 2.43. The summed E-state index contributed by atoms with van der Waals surface area (Å²) >= 11 is 1.74. The SMILES string of the molecule is CC(C)C1=CC(C)(C)N=CS1. The number of rotatable bonds is 1. The summed E-state index contributed by atoms with van der Waals surface area (Å²) in [6.07, 6.45) is 2.25. The van der Waals surface area contributed by atoms with Crippen LogP contribution < -0.4 is 0 Å². The standard InChI is InChI=1S/C9H15NS/c1-7(2)8-5-9(3,4)10-6-11-8/h5-7H,1-4H3. The van der Waals surface area contributed by atoms with Gasteiger partial charge in [0.2, 0.25) is 0 Å². The fraction of sp³-hybridized carbons (Fsp3) is 0.667. The zero-order valence-electron chi connectivity index (χ0n) is 7.59. The van der Waals surface area contributed by atoms with E-state index < -0.39 is 0 Å². The molecule has 0 aliphatic carbocycles. The van der Waals surface area contributed by atoms with Crippen LogP contribution in [0.15, 0.2) is 16.0 Å². The molecule has 0 aromatic rings. The molecule has 0 fully saturated rings. The van der Waals surface area contributed by atoms with Gasteiger partial charge in [-0.25, -0.2) is 0 Å². The lowest BCUT2D eigenvalue weighted by atomic mass is 10.0. The molecular weight excluding hydrogens is 154 g/mol. The number of aliphatic imine (C=N–C) groups is 1. The van der Waals surface area contributed by atoms with E-state index in [1.165, 1.54) is 4.91 Å². The molecule has 1 rings (SSSR count). The smallest absolute Gasteiger partial charge is 0.0748 e. The Hall–Kier alpha value is -0.240. The predicted molar refractivity (Wildman–Crippen MR) is 53.1 cm³/mol. The average Bonchev–Trinajstić information content (AvgIpc) is 1.85. The first-order chi connectivity index (χ1) is 5.01. The molecule has 2 heteroatoms. The van der Waals surface area contributed by atoms with Crippen molar-refractivity contribution in [3.8, 4) is 0 Å². The second kappa shape index (κ2) is 3.02. The fourth-order valence-electron chi connectivity index (χ4n) is 0.945. The monoisotopic (exact) mass is 169 g/mol. The second-order valence-corrected chi connectivity index (χ2v) is 4.63. The second-order valence-electron chi connectivity index (χ2n) is 3.71. The Balaban J connectivity index is 2.78. The number of thioether (sulfide) groups is 1. The highest BCUT2D eigenvalue weighted by molar-refractivity contribution is 8.15. The predicted octanol–water partition coefficient (Wildman–Crippen LogP) is 3.08. The molecule has 0 aromatic heterocycles. The molecule has 0 aromatic carbocycles. The molecule has 62 valence electrons. The van der Waals surface area contributed by atoms with E-state index in [9.17, 15) is 0 Å². The maximum absolute atomic E-state index is 4.36. The van der Waals surface area contributed by atoms with Gasteiger partial charge in [0, 0.05) is 0 Å². The third-order valence-corrected chi connectivity index (χ3v) is 2.71. The third-order valence-electron chi connectivity index (χ3n) is 1.64. The topological polar surface area (TPSA) is 12.4 Å². The molecule has 0 saturated carbocycles. The molecule has 1 aliphatic heterocycles. The van der Waals surface area contributed by atoms with E-state index >= 15 is 0 Å². The Bertz CT molecular complexity index is 202. The molecule has 0 bridgehead atoms. The summed E-state index contributed by atoms with van der Waals surface area (Å²) in [5.41, 5.74) is 1.97. The Morgan fingerprint density at radius 3 is 2.45 bits per heavy atom. The molecule has 1 heterocycles. The Morgan fingerprint density at radius 1 is 1.45 bits per heavy atom. The van der Waals surface area contributed by atoms with Crippen molar-refractivity contribution in [2.45, 2.75) is 33.2 Å². The maximum atomic E-state index is 4.36. The van der Waals surface area contributed by atoms with Gasteiger partial charge in [0.15, 0.2) is 0 Å². The number of hydrogen-bond donors (Lipinski definition) is 0. The van der Waals surface area contributed by atoms with Crippen molar-refractivity contribution in [3.63, 3.8) is 0 Å². The van der Waals surface area contributed by atoms with Crippen LogP contribution in [0.3, 0.4) is 0 Å². The first-order valence-corrected chi connectivity index (χ1v) is 4.82. The molecule has 0 saturated heterocycles. The van der Waals surface area contributed by atoms with Crippen LogP contribution in [0.1, 0.15) is 27.7 Å². The van der Waals surface area contributed by atoms with Gasteiger partial charge in [-0.2, -0.15) is 0 Å². The van der Waals surface area contributed by atoms with Crippen LogP contribution in [-0.2, 0) is 0 Å². The van der Waals surface area contributed by atoms with Gasteiger partial charge in [0.05, 0.1) is 11.1 Å². The summed E-state index contributed by atoms with van der Waals surface area (Å²) in [5.74, 6) is 0.631. The first-order valence-electron chi connectivity index (χ1n) is 3.94. The molecule has 1 aliphatic rings. The summed E-state index contributed by atoms with van der Waals surface area (Å²) in [6.45, 7) is 8.69. The molecule has 0 N–H and O–H groups in total. The van der Waals surface area contributed by atoms with Gasteiger partial charge in [-0.15, -0.1) is 0 Å². The van der Waals surface area contributed by atoms with Gasteiger partial charge < -0.3 is 0 Å².